The smallest absolute Gasteiger partial charge is 0.227 e. The zero-order chi connectivity index (χ0) is 18.8. The van der Waals surface area contributed by atoms with Gasteiger partial charge in [-0.2, -0.15) is 4.98 Å². The number of amides is 2. The van der Waals surface area contributed by atoms with Gasteiger partial charge in [-0.3, -0.25) is 9.59 Å². The predicted molar refractivity (Wildman–Crippen MR) is 105 cm³/mol. The number of nitrogens with zero attached hydrogens (tertiary/aromatic N) is 2. The molecule has 3 N–H and O–H groups in total. The molecule has 9 heteroatoms. The molecular formula is C18H32ClN5O3. The number of aryl methyl sites for hydroxylation is 1. The third kappa shape index (κ3) is 7.46. The Hall–Kier alpha value is -1.67. The molecule has 1 aromatic rings. The van der Waals surface area contributed by atoms with E-state index in [4.69, 9.17) is 4.52 Å². The molecule has 8 nitrogen and oxygen atoms in total. The molecule has 1 aliphatic rings. The Balaban J connectivity index is 0.00000364. The first-order valence-electron chi connectivity index (χ1n) is 9.65. The fourth-order valence-corrected chi connectivity index (χ4v) is 3.40. The summed E-state index contributed by atoms with van der Waals surface area (Å²) in [6.07, 6.45) is 6.69. The first kappa shape index (κ1) is 23.4. The first-order valence-corrected chi connectivity index (χ1v) is 9.65. The highest BCUT2D eigenvalue weighted by Gasteiger charge is 2.38. The van der Waals surface area contributed by atoms with Crippen molar-refractivity contribution in [1.82, 2.24) is 26.1 Å². The summed E-state index contributed by atoms with van der Waals surface area (Å²) in [6.45, 7) is 5.79. The van der Waals surface area contributed by atoms with Crippen LogP contribution in [-0.2, 0) is 21.5 Å². The Kier molecular flexibility index (Phi) is 10.3. The number of halogens is 1. The maximum atomic E-state index is 11.9. The third-order valence-corrected chi connectivity index (χ3v) is 4.71. The second-order valence-electron chi connectivity index (χ2n) is 6.89. The molecule has 0 spiro atoms. The molecule has 0 unspecified atom stereocenters. The Labute approximate surface area is 167 Å². The highest BCUT2D eigenvalue weighted by Crippen LogP contribution is 2.34. The molecule has 0 saturated heterocycles. The van der Waals surface area contributed by atoms with Crippen LogP contribution in [0.25, 0.3) is 0 Å². The van der Waals surface area contributed by atoms with Crippen molar-refractivity contribution in [3.63, 3.8) is 0 Å². The largest absolute Gasteiger partial charge is 0.355 e. The van der Waals surface area contributed by atoms with Crippen LogP contribution in [-0.4, -0.2) is 41.6 Å². The number of aromatic nitrogens is 2. The molecule has 27 heavy (non-hydrogen) atoms. The second kappa shape index (κ2) is 11.9. The van der Waals surface area contributed by atoms with Gasteiger partial charge in [-0.1, -0.05) is 37.8 Å². The summed E-state index contributed by atoms with van der Waals surface area (Å²) >= 11 is 0. The van der Waals surface area contributed by atoms with E-state index >= 15 is 0 Å². The monoisotopic (exact) mass is 401 g/mol. The maximum Gasteiger partial charge on any atom is 0.227 e. The number of carbonyl (C=O) groups is 2. The fraction of sp³-hybridized carbons (Fsp3) is 0.778. The van der Waals surface area contributed by atoms with Gasteiger partial charge >= 0.3 is 0 Å². The van der Waals surface area contributed by atoms with Crippen molar-refractivity contribution >= 4 is 24.2 Å². The molecule has 1 aliphatic carbocycles. The zero-order valence-corrected chi connectivity index (χ0v) is 17.1. The van der Waals surface area contributed by atoms with Gasteiger partial charge in [0.15, 0.2) is 5.82 Å². The van der Waals surface area contributed by atoms with Gasteiger partial charge in [-0.15, -0.1) is 12.4 Å². The predicted octanol–water partition coefficient (Wildman–Crippen LogP) is 1.84. The SMILES string of the molecule is CCNCCNC(=O)CCc1nc(C2(NC(C)=O)CCCCCC2)no1.Cl. The average Bonchev–Trinajstić information content (AvgIpc) is 2.97. The van der Waals surface area contributed by atoms with E-state index in [2.05, 4.69) is 26.1 Å². The zero-order valence-electron chi connectivity index (χ0n) is 16.3. The Morgan fingerprint density at radius 2 is 1.85 bits per heavy atom. The molecule has 0 bridgehead atoms. The lowest BCUT2D eigenvalue weighted by atomic mass is 9.89. The van der Waals surface area contributed by atoms with Crippen LogP contribution in [0.3, 0.4) is 0 Å². The van der Waals surface area contributed by atoms with Gasteiger partial charge in [0.2, 0.25) is 17.7 Å². The molecule has 154 valence electrons. The molecule has 0 aliphatic heterocycles. The van der Waals surface area contributed by atoms with Gasteiger partial charge in [0.25, 0.3) is 0 Å². The Morgan fingerprint density at radius 1 is 1.15 bits per heavy atom. The topological polar surface area (TPSA) is 109 Å². The lowest BCUT2D eigenvalue weighted by Gasteiger charge is -2.30. The van der Waals surface area contributed by atoms with Gasteiger partial charge < -0.3 is 20.5 Å². The minimum atomic E-state index is -0.543. The summed E-state index contributed by atoms with van der Waals surface area (Å²) in [7, 11) is 0. The molecule has 2 amide bonds. The molecule has 2 rings (SSSR count). The molecule has 0 radical (unpaired) electrons. The molecule has 0 aromatic carbocycles. The van der Waals surface area contributed by atoms with E-state index in [1.54, 1.807) is 0 Å². The number of carbonyl (C=O) groups excluding carboxylic acids is 2. The number of rotatable bonds is 9. The maximum absolute atomic E-state index is 11.9. The number of hydrogen-bond acceptors (Lipinski definition) is 6. The lowest BCUT2D eigenvalue weighted by molar-refractivity contribution is -0.122. The van der Waals surface area contributed by atoms with Crippen molar-refractivity contribution in [3.05, 3.63) is 11.7 Å². The van der Waals surface area contributed by atoms with Crippen LogP contribution in [0, 0.1) is 0 Å². The van der Waals surface area contributed by atoms with E-state index in [0.29, 0.717) is 31.1 Å². The van der Waals surface area contributed by atoms with E-state index in [0.717, 1.165) is 51.6 Å². The Bertz CT molecular complexity index is 585. The highest BCUT2D eigenvalue weighted by atomic mass is 35.5. The fourth-order valence-electron chi connectivity index (χ4n) is 3.40. The van der Waals surface area contributed by atoms with Crippen LogP contribution >= 0.6 is 12.4 Å². The number of nitrogens with one attached hydrogen (secondary N) is 3. The van der Waals surface area contributed by atoms with Gasteiger partial charge in [0.05, 0.1) is 0 Å². The molecular weight excluding hydrogens is 370 g/mol. The van der Waals surface area contributed by atoms with E-state index in [9.17, 15) is 9.59 Å². The summed E-state index contributed by atoms with van der Waals surface area (Å²) in [5.41, 5.74) is -0.543. The minimum absolute atomic E-state index is 0. The summed E-state index contributed by atoms with van der Waals surface area (Å²) in [5.74, 6) is 0.861. The minimum Gasteiger partial charge on any atom is -0.355 e. The van der Waals surface area contributed by atoms with E-state index in [-0.39, 0.29) is 24.2 Å². The quantitative estimate of drug-likeness (QED) is 0.430. The highest BCUT2D eigenvalue weighted by molar-refractivity contribution is 5.85. The Morgan fingerprint density at radius 3 is 2.48 bits per heavy atom. The number of likely N-dealkylation sites (N-methyl/N-ethyl adjacent to an activating group) is 1. The van der Waals surface area contributed by atoms with Gasteiger partial charge in [0.1, 0.15) is 5.54 Å². The first-order chi connectivity index (χ1) is 12.6. The standard InChI is InChI=1S/C18H31N5O3.ClH/c1-3-19-12-13-20-15(25)8-9-16-21-17(23-26-16)18(22-14(2)24)10-6-4-5-7-11-18;/h19H,3-13H2,1-2H3,(H,20,25)(H,22,24);1H. The second-order valence-corrected chi connectivity index (χ2v) is 6.89. The van der Waals surface area contributed by atoms with Crippen molar-refractivity contribution in [2.75, 3.05) is 19.6 Å². The van der Waals surface area contributed by atoms with Crippen LogP contribution in [0.4, 0.5) is 0 Å². The summed E-state index contributed by atoms with van der Waals surface area (Å²) in [6, 6.07) is 0. The van der Waals surface area contributed by atoms with Crippen LogP contribution in [0.2, 0.25) is 0 Å². The van der Waals surface area contributed by atoms with Crippen LogP contribution in [0.5, 0.6) is 0 Å². The molecule has 1 heterocycles. The van der Waals surface area contributed by atoms with Crippen LogP contribution in [0.15, 0.2) is 4.52 Å². The van der Waals surface area contributed by atoms with Gasteiger partial charge in [0, 0.05) is 32.9 Å². The normalized spacial score (nSPS) is 16.1. The van der Waals surface area contributed by atoms with Crippen LogP contribution in [0.1, 0.15) is 70.5 Å². The summed E-state index contributed by atoms with van der Waals surface area (Å²) in [4.78, 5) is 28.1. The molecule has 1 saturated carbocycles. The molecule has 0 atom stereocenters. The number of hydrogen-bond donors (Lipinski definition) is 3. The van der Waals surface area contributed by atoms with Crippen molar-refractivity contribution in [1.29, 1.82) is 0 Å². The summed E-state index contributed by atoms with van der Waals surface area (Å²) in [5, 5.41) is 13.2. The summed E-state index contributed by atoms with van der Waals surface area (Å²) < 4.78 is 5.35. The van der Waals surface area contributed by atoms with Crippen molar-refractivity contribution in [3.8, 4) is 0 Å². The van der Waals surface area contributed by atoms with Crippen LogP contribution < -0.4 is 16.0 Å². The third-order valence-electron chi connectivity index (χ3n) is 4.71. The van der Waals surface area contributed by atoms with E-state index in [1.165, 1.54) is 6.92 Å². The van der Waals surface area contributed by atoms with Crippen molar-refractivity contribution in [2.24, 2.45) is 0 Å². The van der Waals surface area contributed by atoms with E-state index in [1.807, 2.05) is 6.92 Å². The lowest BCUT2D eigenvalue weighted by Crippen LogP contribution is -2.45. The van der Waals surface area contributed by atoms with E-state index < -0.39 is 5.54 Å². The van der Waals surface area contributed by atoms with Crippen molar-refractivity contribution in [2.45, 2.75) is 70.8 Å². The van der Waals surface area contributed by atoms with Crippen molar-refractivity contribution < 1.29 is 14.1 Å². The molecule has 1 fully saturated rings. The van der Waals surface area contributed by atoms with Gasteiger partial charge in [-0.25, -0.2) is 0 Å². The molecule has 1 aromatic heterocycles. The van der Waals surface area contributed by atoms with Gasteiger partial charge in [-0.05, 0) is 19.4 Å². The average molecular weight is 402 g/mol.